The Labute approximate surface area is 245 Å². The molecule has 2 aromatic rings. The number of benzene rings is 2. The van der Waals surface area contributed by atoms with Gasteiger partial charge in [-0.2, -0.15) is 0 Å². The highest BCUT2D eigenvalue weighted by Gasteiger charge is 2.74. The van der Waals surface area contributed by atoms with Crippen LogP contribution in [0.1, 0.15) is 42.5 Å². The average Bonchev–Trinajstić information content (AvgIpc) is 3.31. The Hall–Kier alpha value is -3.36. The lowest BCUT2D eigenvalue weighted by Crippen LogP contribution is -2.54. The minimum atomic E-state index is -1.02. The number of aliphatic hydroxyl groups is 1. The van der Waals surface area contributed by atoms with Crippen molar-refractivity contribution in [1.82, 2.24) is 4.90 Å². The molecule has 0 aliphatic carbocycles. The van der Waals surface area contributed by atoms with E-state index >= 15 is 0 Å². The van der Waals surface area contributed by atoms with Crippen molar-refractivity contribution in [3.63, 3.8) is 0 Å². The van der Waals surface area contributed by atoms with Crippen LogP contribution < -0.4 is 4.90 Å². The van der Waals surface area contributed by atoms with Gasteiger partial charge in [-0.3, -0.25) is 14.4 Å². The van der Waals surface area contributed by atoms with E-state index in [-0.39, 0.29) is 18.4 Å². The van der Waals surface area contributed by atoms with Crippen molar-refractivity contribution in [3.8, 4) is 0 Å². The smallest absolute Gasteiger partial charge is 0.311 e. The van der Waals surface area contributed by atoms with E-state index in [1.807, 2.05) is 87.5 Å². The van der Waals surface area contributed by atoms with Gasteiger partial charge in [0.1, 0.15) is 6.04 Å². The Kier molecular flexibility index (Phi) is 7.10. The molecule has 4 aliphatic heterocycles. The summed E-state index contributed by atoms with van der Waals surface area (Å²) in [6, 6.07) is 13.7. The van der Waals surface area contributed by atoms with E-state index in [1.54, 1.807) is 9.80 Å². The highest BCUT2D eigenvalue weighted by atomic mass is 32.2. The van der Waals surface area contributed by atoms with Crippen LogP contribution in [0.3, 0.4) is 0 Å². The number of rotatable bonds is 4. The van der Waals surface area contributed by atoms with Gasteiger partial charge >= 0.3 is 5.97 Å². The van der Waals surface area contributed by atoms with Gasteiger partial charge in [-0.1, -0.05) is 66.8 Å². The lowest BCUT2D eigenvalue weighted by Gasteiger charge is -2.40. The van der Waals surface area contributed by atoms with Crippen molar-refractivity contribution in [2.75, 3.05) is 24.7 Å². The lowest BCUT2D eigenvalue weighted by atomic mass is 9.74. The summed E-state index contributed by atoms with van der Waals surface area (Å²) in [4.78, 5) is 46.7. The third-order valence-electron chi connectivity index (χ3n) is 9.04. The molecular weight excluding hydrogens is 536 g/mol. The molecule has 2 amide bonds. The third kappa shape index (κ3) is 4.34. The number of aryl methyl sites for hydroxylation is 2. The topological polar surface area (TPSA) is 87.2 Å². The molecule has 0 aromatic heterocycles. The first-order chi connectivity index (χ1) is 19.7. The summed E-state index contributed by atoms with van der Waals surface area (Å²) in [5.74, 6) is -2.52. The van der Waals surface area contributed by atoms with Gasteiger partial charge in [0.05, 0.1) is 35.8 Å². The fourth-order valence-electron chi connectivity index (χ4n) is 7.17. The van der Waals surface area contributed by atoms with Crippen LogP contribution in [0.4, 0.5) is 5.69 Å². The SMILES string of the molecule is Cc1ccc(C)c(N2CC=C[C@]34S[C@]5(C)/C=C\CCCOC(=O)[C@@H]5[C@H]3C(=O)N([C@H](CO)c3ccccc3)C4C2=O)c1. The molecule has 4 aliphatic rings. The number of thioether (sulfide) groups is 1. The Morgan fingerprint density at radius 3 is 2.56 bits per heavy atom. The zero-order chi connectivity index (χ0) is 28.9. The number of likely N-dealkylation sites (tertiary alicyclic amines) is 1. The monoisotopic (exact) mass is 572 g/mol. The van der Waals surface area contributed by atoms with E-state index < -0.39 is 39.4 Å². The molecule has 2 fully saturated rings. The first kappa shape index (κ1) is 27.8. The first-order valence-electron chi connectivity index (χ1n) is 14.3. The summed E-state index contributed by atoms with van der Waals surface area (Å²) in [6.07, 6.45) is 9.57. The van der Waals surface area contributed by atoms with Gasteiger partial charge in [-0.25, -0.2) is 0 Å². The summed E-state index contributed by atoms with van der Waals surface area (Å²) in [5, 5.41) is 10.7. The number of aliphatic hydroxyl groups excluding tert-OH is 1. The molecule has 0 radical (unpaired) electrons. The molecule has 1 spiro atoms. The highest BCUT2D eigenvalue weighted by Crippen LogP contribution is 2.66. The number of carbonyl (C=O) groups excluding carboxylic acids is 3. The van der Waals surface area contributed by atoms with E-state index in [1.165, 1.54) is 11.8 Å². The lowest BCUT2D eigenvalue weighted by molar-refractivity contribution is -0.154. The van der Waals surface area contributed by atoms with Crippen LogP contribution in [0.2, 0.25) is 0 Å². The van der Waals surface area contributed by atoms with Gasteiger partial charge in [-0.05, 0) is 56.4 Å². The molecule has 0 saturated carbocycles. The average molecular weight is 573 g/mol. The van der Waals surface area contributed by atoms with Crippen molar-refractivity contribution in [2.45, 2.75) is 55.2 Å². The van der Waals surface area contributed by atoms with Crippen LogP contribution in [0, 0.1) is 25.7 Å². The van der Waals surface area contributed by atoms with Gasteiger partial charge in [0.25, 0.3) is 5.91 Å². The number of carbonyl (C=O) groups is 3. The van der Waals surface area contributed by atoms with Crippen LogP contribution in [0.25, 0.3) is 0 Å². The standard InChI is InChI=1S/C33H36N2O5S/c1-21-13-14-22(2)24(19-21)34-17-10-16-33-26(27-31(39)40-18-9-5-8-15-32(27,3)41-33)29(37)35(28(33)30(34)38)25(20-36)23-11-6-4-7-12-23/h4,6-8,10-16,19,25-28,36H,5,9,17-18,20H2,1-3H3/b15-8-/t25-,26+,27+,28?,32-,33+/m1/s1. The number of allylic oxidation sites excluding steroid dienone is 1. The number of esters is 1. The molecular formula is C33H36N2O5S. The van der Waals surface area contributed by atoms with Crippen molar-refractivity contribution in [2.24, 2.45) is 11.8 Å². The molecule has 4 heterocycles. The third-order valence-corrected chi connectivity index (χ3v) is 10.8. The second-order valence-electron chi connectivity index (χ2n) is 11.7. The quantitative estimate of drug-likeness (QED) is 0.428. The van der Waals surface area contributed by atoms with Crippen LogP contribution >= 0.6 is 11.8 Å². The van der Waals surface area contributed by atoms with Crippen molar-refractivity contribution in [3.05, 3.63) is 89.5 Å². The number of fused-ring (bicyclic) bond motifs is 2. The molecule has 1 N–H and O–H groups in total. The maximum atomic E-state index is 14.9. The molecule has 1 unspecified atom stereocenters. The van der Waals surface area contributed by atoms with Crippen molar-refractivity contribution in [1.29, 1.82) is 0 Å². The molecule has 6 atom stereocenters. The second-order valence-corrected chi connectivity index (χ2v) is 13.5. The second kappa shape index (κ2) is 10.5. The molecule has 214 valence electrons. The zero-order valence-corrected chi connectivity index (χ0v) is 24.5. The van der Waals surface area contributed by atoms with Gasteiger partial charge in [0, 0.05) is 17.0 Å². The van der Waals surface area contributed by atoms with Crippen molar-refractivity contribution < 1.29 is 24.2 Å². The summed E-state index contributed by atoms with van der Waals surface area (Å²) in [7, 11) is 0. The van der Waals surface area contributed by atoms with Gasteiger partial charge in [-0.15, -0.1) is 11.8 Å². The van der Waals surface area contributed by atoms with Crippen LogP contribution in [0.15, 0.2) is 72.8 Å². The Morgan fingerprint density at radius 1 is 1.02 bits per heavy atom. The number of ether oxygens (including phenoxy) is 1. The number of hydrogen-bond acceptors (Lipinski definition) is 6. The number of amides is 2. The zero-order valence-electron chi connectivity index (χ0n) is 23.7. The normalized spacial score (nSPS) is 32.7. The van der Waals surface area contributed by atoms with Gasteiger partial charge in [0.2, 0.25) is 5.91 Å². The number of nitrogens with zero attached hydrogens (tertiary/aromatic N) is 2. The van der Waals surface area contributed by atoms with E-state index in [4.69, 9.17) is 4.74 Å². The number of hydrogen-bond donors (Lipinski definition) is 1. The van der Waals surface area contributed by atoms with Crippen LogP contribution in [0.5, 0.6) is 0 Å². The van der Waals surface area contributed by atoms with Crippen molar-refractivity contribution >= 4 is 35.2 Å². The highest BCUT2D eigenvalue weighted by molar-refractivity contribution is 8.02. The Balaban J connectivity index is 1.55. The molecule has 41 heavy (non-hydrogen) atoms. The minimum Gasteiger partial charge on any atom is -0.465 e. The maximum absolute atomic E-state index is 14.9. The number of anilines is 1. The molecule has 6 rings (SSSR count). The van der Waals surface area contributed by atoms with E-state index in [9.17, 15) is 19.5 Å². The van der Waals surface area contributed by atoms with E-state index in [2.05, 4.69) is 6.08 Å². The maximum Gasteiger partial charge on any atom is 0.311 e. The molecule has 0 bridgehead atoms. The fourth-order valence-corrected chi connectivity index (χ4v) is 9.30. The van der Waals surface area contributed by atoms with Crippen LogP contribution in [-0.2, 0) is 19.1 Å². The van der Waals surface area contributed by atoms with Gasteiger partial charge < -0.3 is 19.6 Å². The minimum absolute atomic E-state index is 0.214. The molecule has 8 heteroatoms. The first-order valence-corrected chi connectivity index (χ1v) is 15.1. The Bertz CT molecular complexity index is 1440. The molecule has 2 aromatic carbocycles. The summed E-state index contributed by atoms with van der Waals surface area (Å²) >= 11 is 1.52. The summed E-state index contributed by atoms with van der Waals surface area (Å²) in [5.41, 5.74) is 3.52. The predicted molar refractivity (Wildman–Crippen MR) is 159 cm³/mol. The summed E-state index contributed by atoms with van der Waals surface area (Å²) in [6.45, 7) is 6.23. The fraction of sp³-hybridized carbons (Fsp3) is 0.424. The van der Waals surface area contributed by atoms with E-state index in [0.29, 0.717) is 13.2 Å². The Morgan fingerprint density at radius 2 is 1.80 bits per heavy atom. The molecule has 2 saturated heterocycles. The largest absolute Gasteiger partial charge is 0.465 e. The number of cyclic esters (lactones) is 1. The van der Waals surface area contributed by atoms with Crippen LogP contribution in [-0.4, -0.2) is 63.1 Å². The van der Waals surface area contributed by atoms with E-state index in [0.717, 1.165) is 35.2 Å². The predicted octanol–water partition coefficient (Wildman–Crippen LogP) is 4.52. The molecule has 7 nitrogen and oxygen atoms in total. The van der Waals surface area contributed by atoms with Gasteiger partial charge in [0.15, 0.2) is 0 Å². The summed E-state index contributed by atoms with van der Waals surface area (Å²) < 4.78 is 3.96.